The van der Waals surface area contributed by atoms with E-state index in [9.17, 15) is 9.59 Å². The lowest BCUT2D eigenvalue weighted by atomic mass is 10.2. The SMILES string of the molecule is C=C(CCCOc1ccc(C)cc1SOOO)ONCCN1C(=O)C=CC1=O. The maximum Gasteiger partial charge on any atom is 0.253 e. The van der Waals surface area contributed by atoms with Crippen molar-refractivity contribution >= 4 is 23.9 Å². The molecule has 0 unspecified atom stereocenters. The zero-order valence-electron chi connectivity index (χ0n) is 15.4. The third kappa shape index (κ3) is 6.98. The fraction of sp³-hybridized carbons (Fsp3) is 0.333. The topological polar surface area (TPSA) is 107 Å². The molecule has 10 heteroatoms. The van der Waals surface area contributed by atoms with E-state index in [0.717, 1.165) is 22.5 Å². The molecule has 2 amide bonds. The normalized spacial score (nSPS) is 13.3. The lowest BCUT2D eigenvalue weighted by Gasteiger charge is -2.15. The van der Waals surface area contributed by atoms with Gasteiger partial charge in [0, 0.05) is 31.7 Å². The van der Waals surface area contributed by atoms with Crippen LogP contribution in [0.15, 0.2) is 47.6 Å². The maximum absolute atomic E-state index is 11.4. The highest BCUT2D eigenvalue weighted by Crippen LogP contribution is 2.31. The Labute approximate surface area is 166 Å². The molecule has 28 heavy (non-hydrogen) atoms. The first-order chi connectivity index (χ1) is 13.5. The molecule has 1 aliphatic heterocycles. The molecule has 1 aromatic carbocycles. The summed E-state index contributed by atoms with van der Waals surface area (Å²) in [5, 5.41) is 11.9. The van der Waals surface area contributed by atoms with E-state index in [-0.39, 0.29) is 18.4 Å². The largest absolute Gasteiger partial charge is 0.492 e. The minimum Gasteiger partial charge on any atom is -0.492 e. The summed E-state index contributed by atoms with van der Waals surface area (Å²) < 4.78 is 10.2. The first kappa shape index (κ1) is 21.9. The summed E-state index contributed by atoms with van der Waals surface area (Å²) in [6.07, 6.45) is 3.69. The average Bonchev–Trinajstić information content (AvgIpc) is 2.99. The first-order valence-corrected chi connectivity index (χ1v) is 9.24. The molecular formula is C18H22N2O7S. The van der Waals surface area contributed by atoms with Crippen molar-refractivity contribution in [1.29, 1.82) is 0 Å². The minimum atomic E-state index is -0.327. The van der Waals surface area contributed by atoms with E-state index in [1.54, 1.807) is 6.07 Å². The number of benzene rings is 1. The third-order valence-corrected chi connectivity index (χ3v) is 4.29. The molecule has 2 N–H and O–H groups in total. The predicted octanol–water partition coefficient (Wildman–Crippen LogP) is 2.54. The van der Waals surface area contributed by atoms with Gasteiger partial charge in [-0.2, -0.15) is 5.48 Å². The molecule has 152 valence electrons. The number of aryl methyl sites for hydroxylation is 1. The number of ether oxygens (including phenoxy) is 1. The number of allylic oxidation sites excluding steroid dienone is 1. The molecular weight excluding hydrogens is 388 g/mol. The van der Waals surface area contributed by atoms with Crippen molar-refractivity contribution in [2.24, 2.45) is 0 Å². The van der Waals surface area contributed by atoms with Crippen LogP contribution in [-0.2, 0) is 23.8 Å². The van der Waals surface area contributed by atoms with E-state index in [0.29, 0.717) is 42.4 Å². The molecule has 0 spiro atoms. The third-order valence-electron chi connectivity index (χ3n) is 3.67. The van der Waals surface area contributed by atoms with E-state index in [1.807, 2.05) is 19.1 Å². The van der Waals surface area contributed by atoms with Crippen molar-refractivity contribution in [1.82, 2.24) is 10.4 Å². The van der Waals surface area contributed by atoms with Crippen molar-refractivity contribution in [3.8, 4) is 5.75 Å². The van der Waals surface area contributed by atoms with Crippen LogP contribution in [0.5, 0.6) is 5.75 Å². The number of nitrogens with one attached hydrogen (secondary N) is 1. The van der Waals surface area contributed by atoms with Crippen LogP contribution in [-0.4, -0.2) is 41.7 Å². The Hall–Kier alpha value is -2.37. The molecule has 0 fully saturated rings. The van der Waals surface area contributed by atoms with Crippen LogP contribution in [0.2, 0.25) is 0 Å². The Morgan fingerprint density at radius 2 is 2.04 bits per heavy atom. The number of carbonyl (C=O) groups is 2. The number of imide groups is 1. The fourth-order valence-electron chi connectivity index (χ4n) is 2.32. The number of carbonyl (C=O) groups excluding carboxylic acids is 2. The minimum absolute atomic E-state index is 0.217. The number of nitrogens with zero attached hydrogens (tertiary/aromatic N) is 1. The monoisotopic (exact) mass is 410 g/mol. The molecule has 2 rings (SSSR count). The molecule has 0 saturated carbocycles. The Morgan fingerprint density at radius 1 is 1.29 bits per heavy atom. The number of amides is 2. The molecule has 0 atom stereocenters. The van der Waals surface area contributed by atoms with Gasteiger partial charge in [0.2, 0.25) is 0 Å². The molecule has 0 aromatic heterocycles. The Balaban J connectivity index is 1.61. The molecule has 1 heterocycles. The van der Waals surface area contributed by atoms with E-state index in [2.05, 4.69) is 21.4 Å². The second-order valence-corrected chi connectivity index (χ2v) is 6.57. The fourth-order valence-corrected chi connectivity index (χ4v) is 2.86. The van der Waals surface area contributed by atoms with Crippen LogP contribution >= 0.6 is 12.0 Å². The summed E-state index contributed by atoms with van der Waals surface area (Å²) in [6.45, 7) is 6.66. The van der Waals surface area contributed by atoms with Crippen LogP contribution in [0.25, 0.3) is 0 Å². The van der Waals surface area contributed by atoms with Crippen molar-refractivity contribution in [3.63, 3.8) is 0 Å². The summed E-state index contributed by atoms with van der Waals surface area (Å²) in [5.41, 5.74) is 3.69. The molecule has 0 aliphatic carbocycles. The summed E-state index contributed by atoms with van der Waals surface area (Å²) in [6, 6.07) is 5.55. The summed E-state index contributed by atoms with van der Waals surface area (Å²) in [7, 11) is 0. The standard InChI is InChI=1S/C18H22N2O7S/c1-13-5-6-15(16(12-13)28-27-26-23)24-11-3-4-14(2)25-19-9-10-20-17(21)7-8-18(20)22/h5-8,12,19,23H,2-4,9-11H2,1H3. The van der Waals surface area contributed by atoms with Gasteiger partial charge in [-0.1, -0.05) is 17.7 Å². The zero-order valence-corrected chi connectivity index (χ0v) is 16.2. The Morgan fingerprint density at radius 3 is 2.75 bits per heavy atom. The maximum atomic E-state index is 11.4. The molecule has 0 radical (unpaired) electrons. The summed E-state index contributed by atoms with van der Waals surface area (Å²) >= 11 is 0.844. The number of rotatable bonds is 13. The van der Waals surface area contributed by atoms with Gasteiger partial charge >= 0.3 is 0 Å². The van der Waals surface area contributed by atoms with Gasteiger partial charge in [0.15, 0.2) is 0 Å². The van der Waals surface area contributed by atoms with Gasteiger partial charge in [0.05, 0.1) is 23.5 Å². The highest BCUT2D eigenvalue weighted by Gasteiger charge is 2.22. The molecule has 0 bridgehead atoms. The van der Waals surface area contributed by atoms with Gasteiger partial charge in [-0.25, -0.2) is 5.26 Å². The number of hydrogen-bond donors (Lipinski definition) is 2. The van der Waals surface area contributed by atoms with Crippen molar-refractivity contribution in [2.75, 3.05) is 19.7 Å². The van der Waals surface area contributed by atoms with Crippen molar-refractivity contribution in [2.45, 2.75) is 24.7 Å². The van der Waals surface area contributed by atoms with Gasteiger partial charge in [-0.05, 0) is 31.0 Å². The van der Waals surface area contributed by atoms with Crippen LogP contribution in [0.4, 0.5) is 0 Å². The van der Waals surface area contributed by atoms with Crippen molar-refractivity contribution in [3.05, 3.63) is 48.3 Å². The smallest absolute Gasteiger partial charge is 0.253 e. The summed E-state index contributed by atoms with van der Waals surface area (Å²) in [4.78, 5) is 29.9. The van der Waals surface area contributed by atoms with Crippen LogP contribution < -0.4 is 10.2 Å². The van der Waals surface area contributed by atoms with Gasteiger partial charge < -0.3 is 9.57 Å². The van der Waals surface area contributed by atoms with Gasteiger partial charge in [-0.15, -0.1) is 4.33 Å². The van der Waals surface area contributed by atoms with Crippen LogP contribution in [0.3, 0.4) is 0 Å². The lowest BCUT2D eigenvalue weighted by molar-refractivity contribution is -0.432. The summed E-state index contributed by atoms with van der Waals surface area (Å²) in [5.74, 6) is 0.460. The molecule has 0 saturated heterocycles. The zero-order chi connectivity index (χ0) is 20.4. The Kier molecular flexibility index (Phi) is 8.98. The van der Waals surface area contributed by atoms with Gasteiger partial charge in [-0.3, -0.25) is 14.5 Å². The molecule has 9 nitrogen and oxygen atoms in total. The molecule has 1 aromatic rings. The van der Waals surface area contributed by atoms with E-state index in [4.69, 9.17) is 14.8 Å². The van der Waals surface area contributed by atoms with Crippen molar-refractivity contribution < 1.29 is 33.8 Å². The van der Waals surface area contributed by atoms with E-state index >= 15 is 0 Å². The highest BCUT2D eigenvalue weighted by atomic mass is 32.2. The molecule has 1 aliphatic rings. The first-order valence-electron chi connectivity index (χ1n) is 8.50. The van der Waals surface area contributed by atoms with Crippen LogP contribution in [0, 0.1) is 6.92 Å². The number of hydrogen-bond acceptors (Lipinski definition) is 9. The van der Waals surface area contributed by atoms with Gasteiger partial charge in [0.25, 0.3) is 11.8 Å². The Bertz CT molecular complexity index is 721. The predicted molar refractivity (Wildman–Crippen MR) is 101 cm³/mol. The average molecular weight is 410 g/mol. The lowest BCUT2D eigenvalue weighted by Crippen LogP contribution is -2.36. The van der Waals surface area contributed by atoms with Gasteiger partial charge in [0.1, 0.15) is 11.5 Å². The second-order valence-electron chi connectivity index (χ2n) is 5.82. The van der Waals surface area contributed by atoms with E-state index in [1.165, 1.54) is 12.2 Å². The van der Waals surface area contributed by atoms with E-state index < -0.39 is 0 Å². The second kappa shape index (κ2) is 11.5. The number of hydroxylamine groups is 1. The highest BCUT2D eigenvalue weighted by molar-refractivity contribution is 7.94. The van der Waals surface area contributed by atoms with Crippen LogP contribution in [0.1, 0.15) is 18.4 Å². The quantitative estimate of drug-likeness (QED) is 0.127.